The largest absolute Gasteiger partial charge is 0.497 e. The average molecular weight is 514 g/mol. The molecule has 9 heteroatoms. The van der Waals surface area contributed by atoms with Gasteiger partial charge in [-0.2, -0.15) is 5.10 Å². The third-order valence-corrected chi connectivity index (χ3v) is 4.63. The number of guanidine groups is 1. The summed E-state index contributed by atoms with van der Waals surface area (Å²) in [6.45, 7) is 6.75. The summed E-state index contributed by atoms with van der Waals surface area (Å²) in [7, 11) is 3.35. The Morgan fingerprint density at radius 1 is 1.31 bits per heavy atom. The van der Waals surface area contributed by atoms with E-state index >= 15 is 0 Å². The van der Waals surface area contributed by atoms with Crippen LogP contribution in [0.1, 0.15) is 36.1 Å². The first kappa shape index (κ1) is 23.4. The lowest BCUT2D eigenvalue weighted by Crippen LogP contribution is -2.47. The summed E-state index contributed by atoms with van der Waals surface area (Å²) in [5, 5.41) is 11.4. The Labute approximate surface area is 189 Å². The van der Waals surface area contributed by atoms with Crippen LogP contribution in [0, 0.1) is 6.92 Å². The fourth-order valence-corrected chi connectivity index (χ4v) is 3.39. The van der Waals surface area contributed by atoms with E-state index in [4.69, 9.17) is 14.5 Å². The van der Waals surface area contributed by atoms with Gasteiger partial charge in [0.05, 0.1) is 20.2 Å². The van der Waals surface area contributed by atoms with Crippen LogP contribution in [-0.2, 0) is 30.9 Å². The number of hydrogen-bond acceptors (Lipinski definition) is 5. The third-order valence-electron chi connectivity index (χ3n) is 4.63. The molecule has 0 fully saturated rings. The van der Waals surface area contributed by atoms with Crippen LogP contribution in [-0.4, -0.2) is 47.5 Å². The summed E-state index contributed by atoms with van der Waals surface area (Å²) in [4.78, 5) is 9.29. The molecule has 0 amide bonds. The fourth-order valence-electron chi connectivity index (χ4n) is 3.39. The highest BCUT2D eigenvalue weighted by atomic mass is 127. The van der Waals surface area contributed by atoms with E-state index in [-0.39, 0.29) is 30.0 Å². The van der Waals surface area contributed by atoms with E-state index in [2.05, 4.69) is 40.6 Å². The van der Waals surface area contributed by atoms with E-state index in [1.807, 2.05) is 16.8 Å². The van der Waals surface area contributed by atoms with Gasteiger partial charge < -0.3 is 20.1 Å². The van der Waals surface area contributed by atoms with Gasteiger partial charge in [0, 0.05) is 26.1 Å². The maximum absolute atomic E-state index is 5.36. The van der Waals surface area contributed by atoms with Crippen molar-refractivity contribution >= 4 is 29.9 Å². The molecule has 2 heterocycles. The van der Waals surface area contributed by atoms with Crippen molar-refractivity contribution in [3.05, 3.63) is 41.0 Å². The Hall–Kier alpha value is -1.88. The summed E-state index contributed by atoms with van der Waals surface area (Å²) >= 11 is 0. The maximum atomic E-state index is 5.36. The zero-order chi connectivity index (χ0) is 19.9. The van der Waals surface area contributed by atoms with E-state index < -0.39 is 0 Å². The molecule has 0 spiro atoms. The topological polar surface area (TPSA) is 85.6 Å². The Bertz CT molecular complexity index is 823. The van der Waals surface area contributed by atoms with Crippen LogP contribution >= 0.6 is 24.0 Å². The van der Waals surface area contributed by atoms with Crippen LogP contribution in [0.15, 0.2) is 23.2 Å². The number of nitrogens with zero attached hydrogens (tertiary/aromatic N) is 4. The predicted molar refractivity (Wildman–Crippen MR) is 124 cm³/mol. The van der Waals surface area contributed by atoms with Gasteiger partial charge in [0.25, 0.3) is 0 Å². The zero-order valence-electron chi connectivity index (χ0n) is 17.6. The summed E-state index contributed by atoms with van der Waals surface area (Å²) in [5.41, 5.74) is 2.29. The predicted octanol–water partition coefficient (Wildman–Crippen LogP) is 2.43. The van der Waals surface area contributed by atoms with Crippen molar-refractivity contribution < 1.29 is 9.47 Å². The van der Waals surface area contributed by atoms with Gasteiger partial charge in [-0.3, -0.25) is 0 Å². The van der Waals surface area contributed by atoms with Crippen molar-refractivity contribution in [3.63, 3.8) is 0 Å². The second-order valence-electron chi connectivity index (χ2n) is 6.99. The van der Waals surface area contributed by atoms with Gasteiger partial charge in [0.2, 0.25) is 0 Å². The molecule has 0 aliphatic carbocycles. The third kappa shape index (κ3) is 6.56. The van der Waals surface area contributed by atoms with Crippen LogP contribution in [0.3, 0.4) is 0 Å². The van der Waals surface area contributed by atoms with Gasteiger partial charge in [-0.25, -0.2) is 14.7 Å². The molecule has 1 aliphatic heterocycles. The Morgan fingerprint density at radius 3 is 2.86 bits per heavy atom. The van der Waals surface area contributed by atoms with Crippen molar-refractivity contribution in [1.29, 1.82) is 0 Å². The normalized spacial score (nSPS) is 16.0. The molecule has 1 atom stereocenters. The quantitative estimate of drug-likeness (QED) is 0.336. The number of aromatic nitrogens is 3. The lowest BCUT2D eigenvalue weighted by Gasteiger charge is -2.25. The summed E-state index contributed by atoms with van der Waals surface area (Å²) in [6.07, 6.45) is 1.89. The highest BCUT2D eigenvalue weighted by Crippen LogP contribution is 2.17. The number of rotatable bonds is 7. The van der Waals surface area contributed by atoms with Crippen LogP contribution in [0.25, 0.3) is 0 Å². The van der Waals surface area contributed by atoms with E-state index in [1.165, 1.54) is 5.56 Å². The summed E-state index contributed by atoms with van der Waals surface area (Å²) < 4.78 is 12.5. The molecule has 2 N–H and O–H groups in total. The van der Waals surface area contributed by atoms with Crippen LogP contribution in [0.5, 0.6) is 5.75 Å². The number of halogens is 1. The Balaban J connectivity index is 0.00000300. The molecule has 1 aromatic heterocycles. The fraction of sp³-hybridized carbons (Fsp3) is 0.550. The first-order chi connectivity index (χ1) is 13.6. The molecule has 2 aromatic rings. The number of nitrogens with one attached hydrogen (secondary N) is 2. The minimum atomic E-state index is 0. The van der Waals surface area contributed by atoms with Crippen molar-refractivity contribution in [3.8, 4) is 5.75 Å². The molecule has 29 heavy (non-hydrogen) atoms. The standard InChI is InChI=1S/C20H30N6O2.HI/c1-5-21-20(22-11-15-8-14(2)9-17(10-15)28-4)23-16-6-7-19-24-18(13-27-3)25-26(19)12-16;/h8-10,16H,5-7,11-13H2,1-4H3,(H2,21,22,23);1H. The van der Waals surface area contributed by atoms with E-state index in [1.54, 1.807) is 14.2 Å². The monoisotopic (exact) mass is 514 g/mol. The van der Waals surface area contributed by atoms with Gasteiger partial charge in [0.15, 0.2) is 11.8 Å². The Morgan fingerprint density at radius 2 is 2.14 bits per heavy atom. The molecule has 0 saturated carbocycles. The molecule has 1 aliphatic rings. The second-order valence-corrected chi connectivity index (χ2v) is 6.99. The minimum absolute atomic E-state index is 0. The first-order valence-electron chi connectivity index (χ1n) is 9.72. The second kappa shape index (κ2) is 11.3. The Kier molecular flexibility index (Phi) is 9.15. The van der Waals surface area contributed by atoms with Crippen molar-refractivity contribution in [2.75, 3.05) is 20.8 Å². The van der Waals surface area contributed by atoms with E-state index in [0.29, 0.717) is 13.2 Å². The molecule has 0 bridgehead atoms. The highest BCUT2D eigenvalue weighted by Gasteiger charge is 2.22. The molecule has 160 valence electrons. The minimum Gasteiger partial charge on any atom is -0.497 e. The van der Waals surface area contributed by atoms with Crippen LogP contribution < -0.4 is 15.4 Å². The van der Waals surface area contributed by atoms with E-state index in [9.17, 15) is 0 Å². The molecule has 1 aromatic carbocycles. The van der Waals surface area contributed by atoms with Crippen LogP contribution in [0.4, 0.5) is 0 Å². The number of fused-ring (bicyclic) bond motifs is 1. The number of hydrogen-bond donors (Lipinski definition) is 2. The molecule has 0 saturated heterocycles. The smallest absolute Gasteiger partial charge is 0.191 e. The molecule has 0 radical (unpaired) electrons. The molecule has 3 rings (SSSR count). The lowest BCUT2D eigenvalue weighted by atomic mass is 10.1. The summed E-state index contributed by atoms with van der Waals surface area (Å²) in [6, 6.07) is 6.44. The SMILES string of the molecule is CCNC(=NCc1cc(C)cc(OC)c1)NC1CCc2nc(COC)nn2C1.I. The molecule has 8 nitrogen and oxygen atoms in total. The zero-order valence-corrected chi connectivity index (χ0v) is 19.9. The first-order valence-corrected chi connectivity index (χ1v) is 9.72. The van der Waals surface area contributed by atoms with E-state index in [0.717, 1.165) is 54.9 Å². The van der Waals surface area contributed by atoms with Crippen molar-refractivity contribution in [2.24, 2.45) is 4.99 Å². The average Bonchev–Trinajstić information content (AvgIpc) is 3.08. The summed E-state index contributed by atoms with van der Waals surface area (Å²) in [5.74, 6) is 3.45. The van der Waals surface area contributed by atoms with Crippen molar-refractivity contribution in [1.82, 2.24) is 25.4 Å². The molecular formula is C20H31IN6O2. The van der Waals surface area contributed by atoms with Crippen LogP contribution in [0.2, 0.25) is 0 Å². The molecular weight excluding hydrogens is 483 g/mol. The highest BCUT2D eigenvalue weighted by molar-refractivity contribution is 14.0. The number of ether oxygens (including phenoxy) is 2. The number of benzene rings is 1. The van der Waals surface area contributed by atoms with Gasteiger partial charge >= 0.3 is 0 Å². The molecule has 1 unspecified atom stereocenters. The van der Waals surface area contributed by atoms with Gasteiger partial charge in [-0.05, 0) is 43.5 Å². The van der Waals surface area contributed by atoms with Gasteiger partial charge in [0.1, 0.15) is 18.2 Å². The van der Waals surface area contributed by atoms with Gasteiger partial charge in [-0.15, -0.1) is 24.0 Å². The number of aliphatic imine (C=N–C) groups is 1. The number of aryl methyl sites for hydroxylation is 2. The number of methoxy groups -OCH3 is 2. The maximum Gasteiger partial charge on any atom is 0.191 e. The lowest BCUT2D eigenvalue weighted by molar-refractivity contribution is 0.177. The van der Waals surface area contributed by atoms with Gasteiger partial charge in [-0.1, -0.05) is 6.07 Å². The van der Waals surface area contributed by atoms with Crippen molar-refractivity contribution in [2.45, 2.75) is 52.4 Å².